The number of nitrogens with one attached hydrogen (secondary N) is 2. The molecule has 3 aromatic rings. The fourth-order valence-electron chi connectivity index (χ4n) is 2.41. The van der Waals surface area contributed by atoms with Gasteiger partial charge in [-0.3, -0.25) is 4.79 Å². The van der Waals surface area contributed by atoms with Crippen LogP contribution in [0.15, 0.2) is 29.1 Å². The Labute approximate surface area is 129 Å². The average molecular weight is 317 g/mol. The first kappa shape index (κ1) is 14.6. The van der Waals surface area contributed by atoms with Gasteiger partial charge in [0.15, 0.2) is 0 Å². The maximum absolute atomic E-state index is 11.5. The van der Waals surface area contributed by atoms with Crippen molar-refractivity contribution < 1.29 is 9.90 Å². The van der Waals surface area contributed by atoms with Crippen molar-refractivity contribution in [3.8, 4) is 0 Å². The molecule has 114 valence electrons. The number of carboxylic acid groups (broad SMARTS) is 1. The molecule has 1 atom stereocenters. The lowest BCUT2D eigenvalue weighted by molar-refractivity contribution is 0.0703. The van der Waals surface area contributed by atoms with Crippen molar-refractivity contribution in [1.29, 1.82) is 0 Å². The fraction of sp³-hybridized carbons (Fsp3) is 0.200. The molecule has 3 rings (SSSR count). The summed E-state index contributed by atoms with van der Waals surface area (Å²) in [7, 11) is 0. The predicted molar refractivity (Wildman–Crippen MR) is 89.1 cm³/mol. The number of H-pyrrole nitrogens is 1. The van der Waals surface area contributed by atoms with Gasteiger partial charge in [-0.1, -0.05) is 0 Å². The van der Waals surface area contributed by atoms with Crippen LogP contribution < -0.4 is 16.6 Å². The quantitative estimate of drug-likeness (QED) is 0.590. The van der Waals surface area contributed by atoms with E-state index in [1.165, 1.54) is 17.4 Å². The van der Waals surface area contributed by atoms with Gasteiger partial charge < -0.3 is 21.1 Å². The number of aromatic amines is 1. The van der Waals surface area contributed by atoms with E-state index in [0.29, 0.717) is 17.7 Å². The second-order valence-electron chi connectivity index (χ2n) is 5.19. The van der Waals surface area contributed by atoms with Gasteiger partial charge in [-0.15, -0.1) is 11.3 Å². The van der Waals surface area contributed by atoms with Crippen LogP contribution in [-0.2, 0) is 0 Å². The van der Waals surface area contributed by atoms with E-state index in [4.69, 9.17) is 5.73 Å². The van der Waals surface area contributed by atoms with E-state index in [1.807, 2.05) is 13.0 Å². The molecule has 0 aliphatic heterocycles. The normalized spacial score (nSPS) is 12.6. The molecule has 2 aromatic heterocycles. The van der Waals surface area contributed by atoms with Gasteiger partial charge in [-0.05, 0) is 25.1 Å². The van der Waals surface area contributed by atoms with Crippen LogP contribution >= 0.6 is 11.3 Å². The summed E-state index contributed by atoms with van der Waals surface area (Å²) >= 11 is 1.21. The number of aromatic nitrogens is 1. The SMILES string of the molecule is C[C@@H](N)CNc1c(C(=O)O)sc2ccc3[nH]c(=O)ccc3c12. The summed E-state index contributed by atoms with van der Waals surface area (Å²) in [5, 5.41) is 14.2. The third kappa shape index (κ3) is 2.44. The number of aromatic carboxylic acids is 1. The summed E-state index contributed by atoms with van der Waals surface area (Å²) < 4.78 is 0.851. The first-order valence-corrected chi connectivity index (χ1v) is 7.60. The molecule has 22 heavy (non-hydrogen) atoms. The second kappa shape index (κ2) is 5.43. The number of fused-ring (bicyclic) bond motifs is 3. The van der Waals surface area contributed by atoms with Crippen LogP contribution in [0.3, 0.4) is 0 Å². The zero-order chi connectivity index (χ0) is 15.9. The van der Waals surface area contributed by atoms with E-state index in [1.54, 1.807) is 12.1 Å². The molecule has 0 saturated heterocycles. The molecular formula is C15H15N3O3S. The van der Waals surface area contributed by atoms with Gasteiger partial charge in [0, 0.05) is 39.6 Å². The number of anilines is 1. The van der Waals surface area contributed by atoms with E-state index in [2.05, 4.69) is 10.3 Å². The largest absolute Gasteiger partial charge is 0.477 e. The Hall–Kier alpha value is -2.38. The van der Waals surface area contributed by atoms with Gasteiger partial charge in [0.05, 0.1) is 5.69 Å². The summed E-state index contributed by atoms with van der Waals surface area (Å²) in [6, 6.07) is 6.66. The van der Waals surface area contributed by atoms with Crippen LogP contribution in [-0.4, -0.2) is 28.6 Å². The number of nitrogens with two attached hydrogens (primary N) is 1. The lowest BCUT2D eigenvalue weighted by Crippen LogP contribution is -2.25. The zero-order valence-electron chi connectivity index (χ0n) is 11.8. The molecule has 0 amide bonds. The molecule has 0 saturated carbocycles. The number of rotatable bonds is 4. The summed E-state index contributed by atoms with van der Waals surface area (Å²) in [6.07, 6.45) is 0. The van der Waals surface area contributed by atoms with E-state index >= 15 is 0 Å². The van der Waals surface area contributed by atoms with Crippen LogP contribution in [0.2, 0.25) is 0 Å². The van der Waals surface area contributed by atoms with Crippen LogP contribution in [0, 0.1) is 0 Å². The van der Waals surface area contributed by atoms with Gasteiger partial charge in [-0.25, -0.2) is 4.79 Å². The highest BCUT2D eigenvalue weighted by Gasteiger charge is 2.19. The number of hydrogen-bond acceptors (Lipinski definition) is 5. The van der Waals surface area contributed by atoms with Crippen molar-refractivity contribution >= 4 is 44.0 Å². The highest BCUT2D eigenvalue weighted by atomic mass is 32.1. The minimum absolute atomic E-state index is 0.105. The molecule has 0 unspecified atom stereocenters. The third-order valence-corrected chi connectivity index (χ3v) is 4.49. The predicted octanol–water partition coefficient (Wildman–Crippen LogP) is 2.20. The first-order valence-electron chi connectivity index (χ1n) is 6.78. The Morgan fingerprint density at radius 1 is 1.41 bits per heavy atom. The van der Waals surface area contributed by atoms with Gasteiger partial charge in [0.1, 0.15) is 4.88 Å². The van der Waals surface area contributed by atoms with E-state index < -0.39 is 5.97 Å². The first-order chi connectivity index (χ1) is 10.5. The highest BCUT2D eigenvalue weighted by molar-refractivity contribution is 7.21. The molecule has 1 aromatic carbocycles. The Bertz CT molecular complexity index is 927. The monoisotopic (exact) mass is 317 g/mol. The Kier molecular flexibility index (Phi) is 3.59. The summed E-state index contributed by atoms with van der Waals surface area (Å²) in [5.41, 5.74) is 6.81. The lowest BCUT2D eigenvalue weighted by atomic mass is 10.1. The molecule has 0 spiro atoms. The molecule has 0 radical (unpaired) electrons. The summed E-state index contributed by atoms with van der Waals surface area (Å²) in [5.74, 6) is -0.981. The topological polar surface area (TPSA) is 108 Å². The van der Waals surface area contributed by atoms with E-state index in [9.17, 15) is 14.7 Å². The van der Waals surface area contributed by atoms with E-state index in [0.717, 1.165) is 15.5 Å². The number of thiophene rings is 1. The Morgan fingerprint density at radius 3 is 2.86 bits per heavy atom. The summed E-state index contributed by atoms with van der Waals surface area (Å²) in [4.78, 5) is 26.0. The molecule has 0 fully saturated rings. The number of pyridine rings is 1. The molecular weight excluding hydrogens is 302 g/mol. The van der Waals surface area contributed by atoms with Gasteiger partial charge in [-0.2, -0.15) is 0 Å². The highest BCUT2D eigenvalue weighted by Crippen LogP contribution is 2.39. The fourth-order valence-corrected chi connectivity index (χ4v) is 3.45. The van der Waals surface area contributed by atoms with Crippen LogP contribution in [0.4, 0.5) is 5.69 Å². The molecule has 5 N–H and O–H groups in total. The number of benzene rings is 1. The van der Waals surface area contributed by atoms with Crippen LogP contribution in [0.25, 0.3) is 21.0 Å². The molecule has 0 bridgehead atoms. The molecule has 6 nitrogen and oxygen atoms in total. The average Bonchev–Trinajstić information content (AvgIpc) is 2.83. The van der Waals surface area contributed by atoms with Crippen molar-refractivity contribution in [2.24, 2.45) is 5.73 Å². The molecule has 2 heterocycles. The van der Waals surface area contributed by atoms with Crippen LogP contribution in [0.1, 0.15) is 16.6 Å². The third-order valence-electron chi connectivity index (χ3n) is 3.35. The van der Waals surface area contributed by atoms with E-state index in [-0.39, 0.29) is 16.5 Å². The maximum Gasteiger partial charge on any atom is 0.348 e. The maximum atomic E-state index is 11.5. The van der Waals surface area contributed by atoms with Crippen molar-refractivity contribution in [2.75, 3.05) is 11.9 Å². The van der Waals surface area contributed by atoms with Gasteiger partial charge in [0.2, 0.25) is 5.56 Å². The molecule has 7 heteroatoms. The van der Waals surface area contributed by atoms with Crippen molar-refractivity contribution in [3.05, 3.63) is 39.5 Å². The van der Waals surface area contributed by atoms with Crippen LogP contribution in [0.5, 0.6) is 0 Å². The van der Waals surface area contributed by atoms with Crippen molar-refractivity contribution in [3.63, 3.8) is 0 Å². The number of carboxylic acids is 1. The Morgan fingerprint density at radius 2 is 2.18 bits per heavy atom. The minimum Gasteiger partial charge on any atom is -0.477 e. The Balaban J connectivity index is 2.33. The zero-order valence-corrected chi connectivity index (χ0v) is 12.7. The van der Waals surface area contributed by atoms with Crippen molar-refractivity contribution in [1.82, 2.24) is 4.98 Å². The number of carbonyl (C=O) groups is 1. The lowest BCUT2D eigenvalue weighted by Gasteiger charge is -2.10. The summed E-state index contributed by atoms with van der Waals surface area (Å²) in [6.45, 7) is 2.31. The van der Waals surface area contributed by atoms with Gasteiger partial charge >= 0.3 is 5.97 Å². The number of hydrogen-bond donors (Lipinski definition) is 4. The minimum atomic E-state index is -0.981. The standard InChI is InChI=1S/C15H15N3O3S/c1-7(16)6-17-13-12-8-2-5-11(19)18-9(8)3-4-10(12)22-14(13)15(20)21/h2-5,7,17H,6,16H2,1H3,(H,18,19)(H,20,21)/t7-/m1/s1. The smallest absolute Gasteiger partial charge is 0.348 e. The molecule has 0 aliphatic rings. The van der Waals surface area contributed by atoms with Gasteiger partial charge in [0.25, 0.3) is 0 Å². The molecule has 0 aliphatic carbocycles. The second-order valence-corrected chi connectivity index (χ2v) is 6.24. The van der Waals surface area contributed by atoms with Crippen molar-refractivity contribution in [2.45, 2.75) is 13.0 Å².